The molecule has 0 N–H and O–H groups in total. The molecule has 0 amide bonds. The molecule has 0 spiro atoms. The van der Waals surface area contributed by atoms with Gasteiger partial charge in [-0.2, -0.15) is 0 Å². The van der Waals surface area contributed by atoms with Crippen LogP contribution in [0, 0.1) is 13.8 Å². The number of oxime groups is 1. The van der Waals surface area contributed by atoms with Crippen molar-refractivity contribution in [1.82, 2.24) is 9.97 Å². The highest BCUT2D eigenvalue weighted by molar-refractivity contribution is 5.94. The van der Waals surface area contributed by atoms with Gasteiger partial charge in [-0.05, 0) is 51.0 Å². The molecule has 6 heteroatoms. The Kier molecular flexibility index (Phi) is 7.14. The van der Waals surface area contributed by atoms with Gasteiger partial charge in [-0.1, -0.05) is 17.3 Å². The number of rotatable bonds is 8. The molecular formula is C20H25N3O3. The summed E-state index contributed by atoms with van der Waals surface area (Å²) in [5, 5.41) is 3.82. The Bertz CT molecular complexity index is 760. The highest BCUT2D eigenvalue weighted by Gasteiger charge is 2.09. The van der Waals surface area contributed by atoms with E-state index < -0.39 is 0 Å². The molecule has 0 unspecified atom stereocenters. The van der Waals surface area contributed by atoms with Crippen molar-refractivity contribution < 1.29 is 14.3 Å². The molecule has 2 rings (SSSR count). The van der Waals surface area contributed by atoms with E-state index in [1.54, 1.807) is 19.3 Å². The van der Waals surface area contributed by atoms with Crippen molar-refractivity contribution in [2.24, 2.45) is 5.16 Å². The third kappa shape index (κ3) is 5.31. The smallest absolute Gasteiger partial charge is 0.176 e. The van der Waals surface area contributed by atoms with Crippen LogP contribution in [0.25, 0.3) is 0 Å². The first-order valence-corrected chi connectivity index (χ1v) is 8.42. The monoisotopic (exact) mass is 355 g/mol. The third-order valence-corrected chi connectivity index (χ3v) is 3.66. The summed E-state index contributed by atoms with van der Waals surface area (Å²) in [4.78, 5) is 13.3. The molecule has 0 fully saturated rings. The van der Waals surface area contributed by atoms with Crippen LogP contribution in [0.1, 0.15) is 36.4 Å². The maximum absolute atomic E-state index is 5.98. The molecule has 0 saturated heterocycles. The lowest BCUT2D eigenvalue weighted by molar-refractivity contribution is 0.213. The van der Waals surface area contributed by atoms with Gasteiger partial charge >= 0.3 is 0 Å². The lowest BCUT2D eigenvalue weighted by atomic mass is 10.1. The summed E-state index contributed by atoms with van der Waals surface area (Å²) in [6.07, 6.45) is 7.40. The molecule has 0 saturated carbocycles. The van der Waals surface area contributed by atoms with Gasteiger partial charge in [0.2, 0.25) is 0 Å². The Morgan fingerprint density at radius 2 is 1.77 bits per heavy atom. The number of benzene rings is 1. The van der Waals surface area contributed by atoms with E-state index in [0.717, 1.165) is 28.2 Å². The molecule has 6 nitrogen and oxygen atoms in total. The van der Waals surface area contributed by atoms with Gasteiger partial charge < -0.3 is 14.3 Å². The zero-order valence-corrected chi connectivity index (χ0v) is 15.9. The molecule has 138 valence electrons. The molecule has 0 aliphatic carbocycles. The lowest BCUT2D eigenvalue weighted by Crippen LogP contribution is -2.06. The average molecular weight is 355 g/mol. The number of nitrogens with zero attached hydrogens (tertiary/aromatic N) is 3. The second-order valence-corrected chi connectivity index (χ2v) is 5.83. The lowest BCUT2D eigenvalue weighted by Gasteiger charge is -2.14. The molecular weight excluding hydrogens is 330 g/mol. The van der Waals surface area contributed by atoms with Crippen LogP contribution in [0.3, 0.4) is 0 Å². The van der Waals surface area contributed by atoms with Crippen molar-refractivity contribution in [3.63, 3.8) is 0 Å². The van der Waals surface area contributed by atoms with Crippen molar-refractivity contribution in [3.8, 4) is 11.5 Å². The number of aryl methyl sites for hydroxylation is 2. The van der Waals surface area contributed by atoms with E-state index in [1.165, 1.54) is 7.11 Å². The van der Waals surface area contributed by atoms with Gasteiger partial charge in [-0.25, -0.2) is 9.97 Å². The largest absolute Gasteiger partial charge is 0.490 e. The summed E-state index contributed by atoms with van der Waals surface area (Å²) in [5.74, 6) is 2.22. The highest BCUT2D eigenvalue weighted by Crippen LogP contribution is 2.29. The SMILES string of the molecule is C/C=C/COc1cc(C)c(OCc2cnc(C(C)=NOC)nc2)c(C)c1. The predicted octanol–water partition coefficient (Wildman–Crippen LogP) is 4.00. The molecule has 0 radical (unpaired) electrons. The quantitative estimate of drug-likeness (QED) is 0.407. The number of ether oxygens (including phenoxy) is 2. The predicted molar refractivity (Wildman–Crippen MR) is 102 cm³/mol. The van der Waals surface area contributed by atoms with Crippen LogP contribution >= 0.6 is 0 Å². The first kappa shape index (κ1) is 19.4. The van der Waals surface area contributed by atoms with E-state index in [2.05, 4.69) is 15.1 Å². The first-order valence-electron chi connectivity index (χ1n) is 8.42. The standard InChI is InChI=1S/C20H25N3O3/c1-6-7-8-25-18-9-14(2)19(15(3)10-18)26-13-17-11-21-20(22-12-17)16(4)23-24-5/h6-7,9-12H,8,13H2,1-5H3/b7-6+,23-16?. The fraction of sp³-hybridized carbons (Fsp3) is 0.350. The summed E-state index contributed by atoms with van der Waals surface area (Å²) < 4.78 is 11.7. The number of allylic oxidation sites excluding steroid dienone is 1. The van der Waals surface area contributed by atoms with Crippen molar-refractivity contribution in [1.29, 1.82) is 0 Å². The first-order chi connectivity index (χ1) is 12.5. The van der Waals surface area contributed by atoms with E-state index in [-0.39, 0.29) is 0 Å². The van der Waals surface area contributed by atoms with Crippen LogP contribution in [-0.2, 0) is 11.4 Å². The Hall–Kier alpha value is -2.89. The average Bonchev–Trinajstić information content (AvgIpc) is 2.62. The summed E-state index contributed by atoms with van der Waals surface area (Å²) in [5.41, 5.74) is 3.56. The van der Waals surface area contributed by atoms with E-state index in [0.29, 0.717) is 24.7 Å². The summed E-state index contributed by atoms with van der Waals surface area (Å²) >= 11 is 0. The Morgan fingerprint density at radius 3 is 2.35 bits per heavy atom. The molecule has 0 aliphatic rings. The maximum atomic E-state index is 5.98. The van der Waals surface area contributed by atoms with E-state index >= 15 is 0 Å². The molecule has 0 bridgehead atoms. The van der Waals surface area contributed by atoms with Crippen LogP contribution in [0.2, 0.25) is 0 Å². The zero-order valence-electron chi connectivity index (χ0n) is 15.9. The van der Waals surface area contributed by atoms with Crippen molar-refractivity contribution in [2.75, 3.05) is 13.7 Å². The molecule has 0 atom stereocenters. The van der Waals surface area contributed by atoms with Gasteiger partial charge in [-0.3, -0.25) is 0 Å². The third-order valence-electron chi connectivity index (χ3n) is 3.66. The number of aromatic nitrogens is 2. The Labute approximate surface area is 154 Å². The molecule has 1 aromatic heterocycles. The summed E-state index contributed by atoms with van der Waals surface area (Å²) in [7, 11) is 1.49. The minimum absolute atomic E-state index is 0.390. The zero-order chi connectivity index (χ0) is 18.9. The summed E-state index contributed by atoms with van der Waals surface area (Å²) in [6, 6.07) is 3.96. The van der Waals surface area contributed by atoms with E-state index in [4.69, 9.17) is 14.3 Å². The van der Waals surface area contributed by atoms with Crippen LogP contribution in [0.5, 0.6) is 11.5 Å². The minimum atomic E-state index is 0.390. The van der Waals surface area contributed by atoms with Gasteiger partial charge in [0.05, 0.1) is 0 Å². The topological polar surface area (TPSA) is 65.8 Å². The van der Waals surface area contributed by atoms with Gasteiger partial charge in [-0.15, -0.1) is 0 Å². The van der Waals surface area contributed by atoms with Crippen LogP contribution in [0.15, 0.2) is 41.8 Å². The van der Waals surface area contributed by atoms with Crippen LogP contribution in [0.4, 0.5) is 0 Å². The maximum Gasteiger partial charge on any atom is 0.176 e. The van der Waals surface area contributed by atoms with Gasteiger partial charge in [0.15, 0.2) is 5.82 Å². The van der Waals surface area contributed by atoms with Crippen LogP contribution in [-0.4, -0.2) is 29.4 Å². The van der Waals surface area contributed by atoms with E-state index in [1.807, 2.05) is 45.1 Å². The molecule has 1 heterocycles. The molecule has 26 heavy (non-hydrogen) atoms. The van der Waals surface area contributed by atoms with Crippen molar-refractivity contribution in [2.45, 2.75) is 34.3 Å². The van der Waals surface area contributed by atoms with Crippen molar-refractivity contribution in [3.05, 3.63) is 59.2 Å². The minimum Gasteiger partial charge on any atom is -0.490 e. The van der Waals surface area contributed by atoms with Gasteiger partial charge in [0.25, 0.3) is 0 Å². The fourth-order valence-corrected chi connectivity index (χ4v) is 2.41. The van der Waals surface area contributed by atoms with E-state index in [9.17, 15) is 0 Å². The van der Waals surface area contributed by atoms with Crippen molar-refractivity contribution >= 4 is 5.71 Å². The number of hydrogen-bond donors (Lipinski definition) is 0. The second-order valence-electron chi connectivity index (χ2n) is 5.83. The molecule has 2 aromatic rings. The fourth-order valence-electron chi connectivity index (χ4n) is 2.41. The normalized spacial score (nSPS) is 11.7. The molecule has 0 aliphatic heterocycles. The molecule has 1 aromatic carbocycles. The van der Waals surface area contributed by atoms with Gasteiger partial charge in [0.1, 0.15) is 37.5 Å². The second kappa shape index (κ2) is 9.56. The highest BCUT2D eigenvalue weighted by atomic mass is 16.6. The van der Waals surface area contributed by atoms with Gasteiger partial charge in [0, 0.05) is 18.0 Å². The summed E-state index contributed by atoms with van der Waals surface area (Å²) in [6.45, 7) is 8.73. The number of hydrogen-bond acceptors (Lipinski definition) is 6. The Balaban J connectivity index is 2.04. The Morgan fingerprint density at radius 1 is 1.12 bits per heavy atom. The van der Waals surface area contributed by atoms with Crippen LogP contribution < -0.4 is 9.47 Å².